The van der Waals surface area contributed by atoms with Gasteiger partial charge in [0.25, 0.3) is 0 Å². The van der Waals surface area contributed by atoms with Gasteiger partial charge in [-0.2, -0.15) is 0 Å². The van der Waals surface area contributed by atoms with E-state index in [4.69, 9.17) is 9.47 Å². The second-order valence-corrected chi connectivity index (χ2v) is 9.86. The number of rotatable bonds is 5. The van der Waals surface area contributed by atoms with Crippen LogP contribution in [0.25, 0.3) is 11.1 Å². The summed E-state index contributed by atoms with van der Waals surface area (Å²) in [4.78, 5) is 29.8. The van der Waals surface area contributed by atoms with Crippen molar-refractivity contribution in [2.75, 3.05) is 49.7 Å². The number of hydrogen-bond acceptors (Lipinski definition) is 5. The molecule has 2 aliphatic heterocycles. The minimum atomic E-state index is -0.505. The number of fused-ring (bicyclic) bond motifs is 3. The maximum Gasteiger partial charge on any atom is 0.411 e. The van der Waals surface area contributed by atoms with Gasteiger partial charge in [-0.1, -0.05) is 54.6 Å². The second kappa shape index (κ2) is 10.4. The SMILES string of the molecule is O=C(Nc1cccc(N2CCN(C3CCOCC3)CC2=O)c1)OCC1c2ccccc2-c2ccccc21. The Morgan fingerprint density at radius 2 is 1.62 bits per heavy atom. The van der Waals surface area contributed by atoms with E-state index < -0.39 is 6.09 Å². The Morgan fingerprint density at radius 3 is 2.32 bits per heavy atom. The van der Waals surface area contributed by atoms with Crippen molar-refractivity contribution in [3.8, 4) is 11.1 Å². The lowest BCUT2D eigenvalue weighted by molar-refractivity contribution is -0.122. The maximum absolute atomic E-state index is 13.0. The molecule has 3 aliphatic rings. The number of carbonyl (C=O) groups excluding carboxylic acids is 2. The van der Waals surface area contributed by atoms with Gasteiger partial charge in [0.1, 0.15) is 6.61 Å². The van der Waals surface area contributed by atoms with E-state index in [0.717, 1.165) is 38.3 Å². The molecule has 7 heteroatoms. The summed E-state index contributed by atoms with van der Waals surface area (Å²) in [6, 6.07) is 24.4. The number of hydrogen-bond donors (Lipinski definition) is 1. The average molecular weight is 498 g/mol. The van der Waals surface area contributed by atoms with Gasteiger partial charge in [-0.25, -0.2) is 4.79 Å². The molecule has 2 heterocycles. The highest BCUT2D eigenvalue weighted by Crippen LogP contribution is 2.44. The van der Waals surface area contributed by atoms with Gasteiger partial charge in [0.2, 0.25) is 5.91 Å². The standard InChI is InChI=1S/C30H31N3O4/c34-29-19-32(22-12-16-36-17-13-22)14-15-33(29)23-7-5-6-21(18-23)31-30(35)37-20-28-26-10-3-1-8-24(26)25-9-2-4-11-27(25)28/h1-11,18,22,28H,12-17,19-20H2,(H,31,35). The van der Waals surface area contributed by atoms with Gasteiger partial charge in [0.05, 0.1) is 6.54 Å². The van der Waals surface area contributed by atoms with Gasteiger partial charge in [-0.05, 0) is 53.3 Å². The van der Waals surface area contributed by atoms with Crippen molar-refractivity contribution in [1.29, 1.82) is 0 Å². The number of ether oxygens (including phenoxy) is 2. The molecule has 1 N–H and O–H groups in total. The van der Waals surface area contributed by atoms with Crippen molar-refractivity contribution in [1.82, 2.24) is 4.90 Å². The molecule has 0 bridgehead atoms. The van der Waals surface area contributed by atoms with Gasteiger partial charge in [0, 0.05) is 49.6 Å². The Morgan fingerprint density at radius 1 is 0.919 bits per heavy atom. The fraction of sp³-hybridized carbons (Fsp3) is 0.333. The van der Waals surface area contributed by atoms with E-state index in [0.29, 0.717) is 24.8 Å². The monoisotopic (exact) mass is 497 g/mol. The number of carbonyl (C=O) groups is 2. The molecular weight excluding hydrogens is 466 g/mol. The summed E-state index contributed by atoms with van der Waals surface area (Å²) >= 11 is 0. The van der Waals surface area contributed by atoms with Gasteiger partial charge in [-0.15, -0.1) is 0 Å². The lowest BCUT2D eigenvalue weighted by atomic mass is 9.98. The fourth-order valence-corrected chi connectivity index (χ4v) is 5.83. The van der Waals surface area contributed by atoms with E-state index >= 15 is 0 Å². The molecule has 2 fully saturated rings. The first-order chi connectivity index (χ1) is 18.2. The Kier molecular flexibility index (Phi) is 6.64. The quantitative estimate of drug-likeness (QED) is 0.544. The molecule has 2 amide bonds. The molecule has 0 aromatic heterocycles. The van der Waals surface area contributed by atoms with Crippen LogP contribution in [0.15, 0.2) is 72.8 Å². The largest absolute Gasteiger partial charge is 0.448 e. The van der Waals surface area contributed by atoms with Crippen LogP contribution in [-0.2, 0) is 14.3 Å². The normalized spacial score (nSPS) is 18.4. The highest BCUT2D eigenvalue weighted by atomic mass is 16.5. The second-order valence-electron chi connectivity index (χ2n) is 9.86. The zero-order chi connectivity index (χ0) is 25.2. The van der Waals surface area contributed by atoms with Gasteiger partial charge in [-0.3, -0.25) is 15.0 Å². The van der Waals surface area contributed by atoms with Gasteiger partial charge in [0.15, 0.2) is 0 Å². The van der Waals surface area contributed by atoms with E-state index in [1.165, 1.54) is 22.3 Å². The van der Waals surface area contributed by atoms with Crippen LogP contribution in [-0.4, -0.2) is 62.4 Å². The summed E-state index contributed by atoms with van der Waals surface area (Å²) in [5.74, 6) is 0.0881. The van der Waals surface area contributed by atoms with Crippen molar-refractivity contribution in [3.05, 3.63) is 83.9 Å². The molecule has 7 nitrogen and oxygen atoms in total. The lowest BCUT2D eigenvalue weighted by Gasteiger charge is -2.40. The number of piperazine rings is 1. The first-order valence-corrected chi connectivity index (χ1v) is 13.0. The van der Waals surface area contributed by atoms with Crippen LogP contribution in [0.1, 0.15) is 29.9 Å². The zero-order valence-corrected chi connectivity index (χ0v) is 20.8. The van der Waals surface area contributed by atoms with Crippen LogP contribution < -0.4 is 10.2 Å². The van der Waals surface area contributed by atoms with Crippen molar-refractivity contribution in [3.63, 3.8) is 0 Å². The van der Waals surface area contributed by atoms with E-state index in [1.807, 2.05) is 48.5 Å². The molecule has 0 saturated carbocycles. The number of benzene rings is 3. The van der Waals surface area contributed by atoms with E-state index in [9.17, 15) is 9.59 Å². The number of nitrogens with zero attached hydrogens (tertiary/aromatic N) is 2. The smallest absolute Gasteiger partial charge is 0.411 e. The van der Waals surface area contributed by atoms with Gasteiger partial charge >= 0.3 is 6.09 Å². The molecule has 6 rings (SSSR count). The van der Waals surface area contributed by atoms with Gasteiger partial charge < -0.3 is 14.4 Å². The van der Waals surface area contributed by atoms with Crippen LogP contribution in [0.5, 0.6) is 0 Å². The van der Waals surface area contributed by atoms with Crippen LogP contribution >= 0.6 is 0 Å². The Bertz CT molecular complexity index is 1260. The third-order valence-electron chi connectivity index (χ3n) is 7.71. The fourth-order valence-electron chi connectivity index (χ4n) is 5.83. The van der Waals surface area contributed by atoms with Crippen LogP contribution in [0.3, 0.4) is 0 Å². The summed E-state index contributed by atoms with van der Waals surface area (Å²) in [5.41, 5.74) is 6.14. The molecule has 3 aromatic rings. The third kappa shape index (κ3) is 4.84. The Hall–Kier alpha value is -3.68. The average Bonchev–Trinajstić information content (AvgIpc) is 3.26. The topological polar surface area (TPSA) is 71.1 Å². The lowest BCUT2D eigenvalue weighted by Crippen LogP contribution is -2.54. The molecule has 0 spiro atoms. The maximum atomic E-state index is 13.0. The summed E-state index contributed by atoms with van der Waals surface area (Å²) in [5, 5.41) is 2.85. The predicted molar refractivity (Wildman–Crippen MR) is 143 cm³/mol. The Labute approximate surface area is 217 Å². The molecule has 3 aromatic carbocycles. The highest BCUT2D eigenvalue weighted by Gasteiger charge is 2.31. The molecule has 0 unspecified atom stereocenters. The van der Waals surface area contributed by atoms with Crippen LogP contribution in [0, 0.1) is 0 Å². The minimum Gasteiger partial charge on any atom is -0.448 e. The first-order valence-electron chi connectivity index (χ1n) is 13.0. The van der Waals surface area contributed by atoms with E-state index in [-0.39, 0.29) is 18.4 Å². The number of anilines is 2. The Balaban J connectivity index is 1.08. The first kappa shape index (κ1) is 23.7. The molecule has 0 atom stereocenters. The van der Waals surface area contributed by atoms with Crippen molar-refractivity contribution in [2.45, 2.75) is 24.8 Å². The number of nitrogens with one attached hydrogen (secondary N) is 1. The molecule has 0 radical (unpaired) electrons. The predicted octanol–water partition coefficient (Wildman–Crippen LogP) is 4.88. The van der Waals surface area contributed by atoms with Crippen LogP contribution in [0.2, 0.25) is 0 Å². The molecular formula is C30H31N3O4. The van der Waals surface area contributed by atoms with E-state index in [1.54, 1.807) is 4.90 Å². The zero-order valence-electron chi connectivity index (χ0n) is 20.8. The van der Waals surface area contributed by atoms with Crippen molar-refractivity contribution in [2.24, 2.45) is 0 Å². The summed E-state index contributed by atoms with van der Waals surface area (Å²) in [6.45, 7) is 3.66. The summed E-state index contributed by atoms with van der Waals surface area (Å²) in [7, 11) is 0. The summed E-state index contributed by atoms with van der Waals surface area (Å²) < 4.78 is 11.1. The summed E-state index contributed by atoms with van der Waals surface area (Å²) in [6.07, 6.45) is 1.45. The van der Waals surface area contributed by atoms with Crippen molar-refractivity contribution >= 4 is 23.4 Å². The van der Waals surface area contributed by atoms with Crippen LogP contribution in [0.4, 0.5) is 16.2 Å². The molecule has 1 aliphatic carbocycles. The third-order valence-corrected chi connectivity index (χ3v) is 7.71. The van der Waals surface area contributed by atoms with E-state index in [2.05, 4.69) is 34.5 Å². The minimum absolute atomic E-state index is 0.00845. The molecule has 37 heavy (non-hydrogen) atoms. The van der Waals surface area contributed by atoms with Crippen molar-refractivity contribution < 1.29 is 19.1 Å². The number of amides is 2. The highest BCUT2D eigenvalue weighted by molar-refractivity contribution is 5.96. The molecule has 2 saturated heterocycles. The molecule has 190 valence electrons.